The number of carbonyl (C=O) groups excluding carboxylic acids is 2. The van der Waals surface area contributed by atoms with Crippen molar-refractivity contribution < 1.29 is 38.2 Å². The predicted octanol–water partition coefficient (Wildman–Crippen LogP) is 11.0. The Morgan fingerprint density at radius 1 is 0.520 bits per heavy atom. The summed E-state index contributed by atoms with van der Waals surface area (Å²) in [6, 6.07) is -0.606. The number of nitrogens with zero attached hydrogens (tertiary/aromatic N) is 1. The number of aliphatic carboxylic acids is 1. The van der Waals surface area contributed by atoms with E-state index >= 15 is 0 Å². The van der Waals surface area contributed by atoms with Crippen LogP contribution in [-0.4, -0.2) is 80.6 Å². The van der Waals surface area contributed by atoms with E-state index in [4.69, 9.17) is 14.2 Å². The van der Waals surface area contributed by atoms with Gasteiger partial charge in [-0.1, -0.05) is 168 Å². The SMILES string of the molecule is CCCCCCCCCCCCCCCCCCCCC(=O)OC(COCCC(C(=O)O)[N+](C)(C)C)COC(=O)CCCCCCCCCC. The molecule has 0 saturated heterocycles. The minimum absolute atomic E-state index is 0.0432. The zero-order chi connectivity index (χ0) is 37.1. The summed E-state index contributed by atoms with van der Waals surface area (Å²) in [6.07, 6.45) is 32.9. The van der Waals surface area contributed by atoms with Crippen molar-refractivity contribution in [2.24, 2.45) is 0 Å². The van der Waals surface area contributed by atoms with Gasteiger partial charge in [0.25, 0.3) is 0 Å². The van der Waals surface area contributed by atoms with Crippen molar-refractivity contribution in [2.75, 3.05) is 41.0 Å². The van der Waals surface area contributed by atoms with E-state index in [2.05, 4.69) is 13.8 Å². The average molecular weight is 713 g/mol. The highest BCUT2D eigenvalue weighted by molar-refractivity contribution is 5.72. The van der Waals surface area contributed by atoms with Crippen LogP contribution in [0.25, 0.3) is 0 Å². The molecule has 0 aliphatic carbocycles. The van der Waals surface area contributed by atoms with Gasteiger partial charge < -0.3 is 23.8 Å². The number of rotatable bonds is 38. The number of unbranched alkanes of at least 4 members (excludes halogenated alkanes) is 24. The third kappa shape index (κ3) is 32.3. The molecule has 0 spiro atoms. The van der Waals surface area contributed by atoms with Crippen molar-refractivity contribution in [3.8, 4) is 0 Å². The Balaban J connectivity index is 4.24. The van der Waals surface area contributed by atoms with Gasteiger partial charge in [-0.15, -0.1) is 0 Å². The van der Waals surface area contributed by atoms with Crippen LogP contribution in [-0.2, 0) is 28.6 Å². The first-order valence-electron chi connectivity index (χ1n) is 21.1. The maximum atomic E-state index is 12.7. The average Bonchev–Trinajstić information content (AvgIpc) is 3.06. The molecular weight excluding hydrogens is 630 g/mol. The maximum Gasteiger partial charge on any atom is 0.362 e. The van der Waals surface area contributed by atoms with Gasteiger partial charge in [0.15, 0.2) is 12.1 Å². The molecule has 8 nitrogen and oxygen atoms in total. The first kappa shape index (κ1) is 48.3. The highest BCUT2D eigenvalue weighted by Crippen LogP contribution is 2.16. The molecule has 0 aliphatic heterocycles. The number of carboxylic acid groups (broad SMARTS) is 1. The first-order chi connectivity index (χ1) is 24.1. The van der Waals surface area contributed by atoms with E-state index in [0.29, 0.717) is 19.3 Å². The number of likely N-dealkylation sites (N-methyl/N-ethyl adjacent to an activating group) is 1. The third-order valence-corrected chi connectivity index (χ3v) is 9.76. The number of quaternary nitrogens is 1. The molecule has 0 aromatic rings. The monoisotopic (exact) mass is 713 g/mol. The molecular formula is C42H82NO7+. The molecule has 0 aromatic carbocycles. The molecule has 0 saturated carbocycles. The van der Waals surface area contributed by atoms with Crippen LogP contribution in [0.4, 0.5) is 0 Å². The van der Waals surface area contributed by atoms with E-state index in [9.17, 15) is 19.5 Å². The van der Waals surface area contributed by atoms with Gasteiger partial charge in [-0.25, -0.2) is 4.79 Å². The quantitative estimate of drug-likeness (QED) is 0.0386. The molecule has 0 aromatic heterocycles. The standard InChI is InChI=1S/C42H81NO7/c1-6-8-10-12-14-16-17-18-19-20-21-22-23-24-25-27-29-31-33-41(45)50-38(36-48-35-34-39(42(46)47)43(3,4)5)37-49-40(44)32-30-28-26-15-13-11-9-7-2/h38-39H,6-37H2,1-5H3/p+1. The van der Waals surface area contributed by atoms with Crippen molar-refractivity contribution in [2.45, 2.75) is 212 Å². The molecule has 50 heavy (non-hydrogen) atoms. The zero-order valence-corrected chi connectivity index (χ0v) is 33.6. The van der Waals surface area contributed by atoms with Crippen LogP contribution < -0.4 is 0 Å². The topological polar surface area (TPSA) is 99.1 Å². The summed E-state index contributed by atoms with van der Waals surface area (Å²) in [6.45, 7) is 4.73. The summed E-state index contributed by atoms with van der Waals surface area (Å²) in [5.74, 6) is -1.45. The number of esters is 2. The van der Waals surface area contributed by atoms with Gasteiger partial charge in [-0.2, -0.15) is 0 Å². The van der Waals surface area contributed by atoms with E-state index in [1.807, 2.05) is 21.1 Å². The van der Waals surface area contributed by atoms with Crippen LogP contribution in [0.3, 0.4) is 0 Å². The van der Waals surface area contributed by atoms with Gasteiger partial charge in [-0.05, 0) is 12.8 Å². The normalized spacial score (nSPS) is 12.9. The van der Waals surface area contributed by atoms with Crippen LogP contribution in [0.15, 0.2) is 0 Å². The molecule has 0 radical (unpaired) electrons. The lowest BCUT2D eigenvalue weighted by Gasteiger charge is -2.31. The molecule has 0 fully saturated rings. The Kier molecular flexibility index (Phi) is 33.3. The van der Waals surface area contributed by atoms with Crippen molar-refractivity contribution in [1.29, 1.82) is 0 Å². The smallest absolute Gasteiger partial charge is 0.362 e. The number of hydrogen-bond acceptors (Lipinski definition) is 6. The van der Waals surface area contributed by atoms with Gasteiger partial charge in [-0.3, -0.25) is 9.59 Å². The Bertz CT molecular complexity index is 797. The second-order valence-electron chi connectivity index (χ2n) is 15.6. The van der Waals surface area contributed by atoms with Gasteiger partial charge in [0.05, 0.1) is 34.4 Å². The third-order valence-electron chi connectivity index (χ3n) is 9.76. The number of carbonyl (C=O) groups is 3. The van der Waals surface area contributed by atoms with E-state index in [1.54, 1.807) is 0 Å². The largest absolute Gasteiger partial charge is 0.477 e. The van der Waals surface area contributed by atoms with Crippen LogP contribution >= 0.6 is 0 Å². The van der Waals surface area contributed by atoms with Crippen LogP contribution in [0, 0.1) is 0 Å². The summed E-state index contributed by atoms with van der Waals surface area (Å²) in [4.78, 5) is 36.8. The summed E-state index contributed by atoms with van der Waals surface area (Å²) >= 11 is 0. The fourth-order valence-corrected chi connectivity index (χ4v) is 6.45. The molecule has 296 valence electrons. The lowest BCUT2D eigenvalue weighted by atomic mass is 10.0. The Labute approximate surface area is 308 Å². The van der Waals surface area contributed by atoms with E-state index in [0.717, 1.165) is 38.5 Å². The van der Waals surface area contributed by atoms with Crippen LogP contribution in [0.2, 0.25) is 0 Å². The fourth-order valence-electron chi connectivity index (χ4n) is 6.45. The minimum Gasteiger partial charge on any atom is -0.477 e. The Hall–Kier alpha value is -1.67. The van der Waals surface area contributed by atoms with Crippen molar-refractivity contribution in [3.05, 3.63) is 0 Å². The molecule has 2 atom stereocenters. The Morgan fingerprint density at radius 2 is 0.880 bits per heavy atom. The fraction of sp³-hybridized carbons (Fsp3) is 0.929. The number of hydrogen-bond donors (Lipinski definition) is 1. The second kappa shape index (κ2) is 34.4. The molecule has 1 N–H and O–H groups in total. The lowest BCUT2D eigenvalue weighted by molar-refractivity contribution is -0.887. The highest BCUT2D eigenvalue weighted by Gasteiger charge is 2.31. The number of ether oxygens (including phenoxy) is 3. The zero-order valence-electron chi connectivity index (χ0n) is 33.6. The molecule has 0 bridgehead atoms. The second-order valence-corrected chi connectivity index (χ2v) is 15.6. The van der Waals surface area contributed by atoms with Crippen molar-refractivity contribution >= 4 is 17.9 Å². The van der Waals surface area contributed by atoms with Crippen molar-refractivity contribution in [1.82, 2.24) is 0 Å². The predicted molar refractivity (Wildman–Crippen MR) is 206 cm³/mol. The van der Waals surface area contributed by atoms with Crippen LogP contribution in [0.5, 0.6) is 0 Å². The molecule has 8 heteroatoms. The van der Waals surface area contributed by atoms with Crippen LogP contribution in [0.1, 0.15) is 200 Å². The molecule has 0 amide bonds. The highest BCUT2D eigenvalue weighted by atomic mass is 16.6. The van der Waals surface area contributed by atoms with Crippen molar-refractivity contribution in [3.63, 3.8) is 0 Å². The summed E-state index contributed by atoms with van der Waals surface area (Å²) in [5.41, 5.74) is 0. The summed E-state index contributed by atoms with van der Waals surface area (Å²) in [7, 11) is 5.53. The lowest BCUT2D eigenvalue weighted by Crippen LogP contribution is -2.50. The first-order valence-corrected chi connectivity index (χ1v) is 21.1. The van der Waals surface area contributed by atoms with Gasteiger partial charge in [0.2, 0.25) is 0 Å². The Morgan fingerprint density at radius 3 is 1.24 bits per heavy atom. The van der Waals surface area contributed by atoms with E-state index < -0.39 is 18.1 Å². The summed E-state index contributed by atoms with van der Waals surface area (Å²) < 4.78 is 17.2. The molecule has 0 aliphatic rings. The van der Waals surface area contributed by atoms with Gasteiger partial charge in [0, 0.05) is 19.3 Å². The molecule has 0 heterocycles. The molecule has 2 unspecified atom stereocenters. The van der Waals surface area contributed by atoms with Gasteiger partial charge in [0.1, 0.15) is 6.61 Å². The maximum absolute atomic E-state index is 12.7. The minimum atomic E-state index is -0.872. The number of carboxylic acids is 1. The van der Waals surface area contributed by atoms with Gasteiger partial charge >= 0.3 is 17.9 Å². The molecule has 0 rings (SSSR count). The summed E-state index contributed by atoms with van der Waals surface area (Å²) in [5, 5.41) is 9.58. The van der Waals surface area contributed by atoms with E-state index in [-0.39, 0.29) is 36.2 Å². The van der Waals surface area contributed by atoms with E-state index in [1.165, 1.54) is 128 Å².